The molecule has 0 unspecified atom stereocenters. The van der Waals surface area contributed by atoms with Gasteiger partial charge >= 0.3 is 0 Å². The fraction of sp³-hybridized carbons (Fsp3) is 0.476. The maximum Gasteiger partial charge on any atom is 0.0684 e. The van der Waals surface area contributed by atoms with Crippen LogP contribution in [0.4, 0.5) is 0 Å². The number of allylic oxidation sites excluding steroid dienone is 7. The Morgan fingerprint density at radius 3 is 2.13 bits per heavy atom. The van der Waals surface area contributed by atoms with Crippen LogP contribution in [0.3, 0.4) is 0 Å². The van der Waals surface area contributed by atoms with E-state index in [1.54, 1.807) is 5.41 Å². The van der Waals surface area contributed by atoms with Gasteiger partial charge in [0.15, 0.2) is 0 Å². The van der Waals surface area contributed by atoms with Gasteiger partial charge in [-0.05, 0) is 68.2 Å². The van der Waals surface area contributed by atoms with Crippen LogP contribution in [0.25, 0.3) is 0 Å². The van der Waals surface area contributed by atoms with E-state index in [0.717, 1.165) is 42.5 Å². The van der Waals surface area contributed by atoms with Crippen LogP contribution < -0.4 is 0 Å². The van der Waals surface area contributed by atoms with Crippen molar-refractivity contribution in [1.82, 2.24) is 0 Å². The minimum Gasteiger partial charge on any atom is -0.256 e. The Bertz CT molecular complexity index is 542. The molecule has 0 spiro atoms. The smallest absolute Gasteiger partial charge is 0.0684 e. The highest BCUT2D eigenvalue weighted by Crippen LogP contribution is 2.17. The Balaban J connectivity index is 5.69. The van der Waals surface area contributed by atoms with Crippen LogP contribution in [0.2, 0.25) is 0 Å². The normalized spacial score (nSPS) is 15.2. The third kappa shape index (κ3) is 8.80. The third-order valence-electron chi connectivity index (χ3n) is 3.70. The molecule has 23 heavy (non-hydrogen) atoms. The van der Waals surface area contributed by atoms with Crippen LogP contribution in [-0.4, -0.2) is 5.71 Å². The molecule has 128 valence electrons. The topological polar surface area (TPSA) is 12.4 Å². The van der Waals surface area contributed by atoms with Crippen LogP contribution in [0.15, 0.2) is 63.2 Å². The second kappa shape index (κ2) is 12.2. The van der Waals surface area contributed by atoms with Crippen LogP contribution in [0.5, 0.6) is 0 Å². The standard InChI is InChI=1S/C21H33NS/c1-8-10-16(3)15-22-21(18(5)11-9-2)20(7)14-19(6)17(4)12-13-23/h12-15,23H,5,8-11H2,1-4,6-7H3/b13-12-,16-15+,19-17+,20-14+,22-21+. The first-order chi connectivity index (χ1) is 10.9. The lowest BCUT2D eigenvalue weighted by Crippen LogP contribution is -2.04. The zero-order chi connectivity index (χ0) is 17.8. The highest BCUT2D eigenvalue weighted by molar-refractivity contribution is 7.83. The van der Waals surface area contributed by atoms with E-state index < -0.39 is 0 Å². The molecule has 0 aliphatic carbocycles. The van der Waals surface area contributed by atoms with E-state index in [1.165, 1.54) is 16.7 Å². The molecule has 0 bridgehead atoms. The Labute approximate surface area is 149 Å². The summed E-state index contributed by atoms with van der Waals surface area (Å²) in [7, 11) is 0. The Morgan fingerprint density at radius 2 is 1.61 bits per heavy atom. The SMILES string of the molecule is C=C(CCC)C(=N\C=C(/C)CCC)/C(C)=C/C(C)=C(C)/C=C\S. The van der Waals surface area contributed by atoms with Crippen molar-refractivity contribution in [3.63, 3.8) is 0 Å². The first-order valence-corrected chi connectivity index (χ1v) is 8.97. The number of nitrogens with zero attached hydrogens (tertiary/aromatic N) is 1. The van der Waals surface area contributed by atoms with Gasteiger partial charge in [-0.3, -0.25) is 4.99 Å². The minimum absolute atomic E-state index is 0.975. The Morgan fingerprint density at radius 1 is 1.00 bits per heavy atom. The van der Waals surface area contributed by atoms with Crippen molar-refractivity contribution < 1.29 is 0 Å². The van der Waals surface area contributed by atoms with Gasteiger partial charge in [0.25, 0.3) is 0 Å². The number of rotatable bonds is 9. The largest absolute Gasteiger partial charge is 0.256 e. The molecule has 0 aromatic rings. The summed E-state index contributed by atoms with van der Waals surface area (Å²) in [6.07, 6.45) is 10.5. The lowest BCUT2D eigenvalue weighted by Gasteiger charge is -2.10. The highest BCUT2D eigenvalue weighted by Gasteiger charge is 2.07. The molecule has 0 atom stereocenters. The van der Waals surface area contributed by atoms with Crippen LogP contribution >= 0.6 is 12.6 Å². The van der Waals surface area contributed by atoms with Gasteiger partial charge in [0.2, 0.25) is 0 Å². The minimum atomic E-state index is 0.975. The van der Waals surface area contributed by atoms with Gasteiger partial charge in [-0.25, -0.2) is 0 Å². The quantitative estimate of drug-likeness (QED) is 0.260. The van der Waals surface area contributed by atoms with Crippen molar-refractivity contribution in [1.29, 1.82) is 0 Å². The number of thiol groups is 1. The predicted molar refractivity (Wildman–Crippen MR) is 110 cm³/mol. The molecule has 0 radical (unpaired) electrons. The highest BCUT2D eigenvalue weighted by atomic mass is 32.1. The summed E-state index contributed by atoms with van der Waals surface area (Å²) in [5, 5.41) is 1.77. The third-order valence-corrected chi connectivity index (χ3v) is 3.85. The first kappa shape index (κ1) is 21.7. The number of hydrogen-bond acceptors (Lipinski definition) is 2. The lowest BCUT2D eigenvalue weighted by molar-refractivity contribution is 0.901. The average Bonchev–Trinajstić information content (AvgIpc) is 2.48. The summed E-state index contributed by atoms with van der Waals surface area (Å²) in [5.41, 5.74) is 7.02. The van der Waals surface area contributed by atoms with Crippen molar-refractivity contribution >= 4 is 18.3 Å². The van der Waals surface area contributed by atoms with Gasteiger partial charge in [0.05, 0.1) is 5.71 Å². The van der Waals surface area contributed by atoms with E-state index >= 15 is 0 Å². The van der Waals surface area contributed by atoms with E-state index in [2.05, 4.69) is 66.8 Å². The molecule has 0 aromatic carbocycles. The van der Waals surface area contributed by atoms with E-state index in [4.69, 9.17) is 4.99 Å². The van der Waals surface area contributed by atoms with Crippen molar-refractivity contribution in [2.24, 2.45) is 4.99 Å². The zero-order valence-corrected chi connectivity index (χ0v) is 16.6. The molecule has 0 aromatic heterocycles. The van der Waals surface area contributed by atoms with Crippen molar-refractivity contribution in [2.75, 3.05) is 0 Å². The van der Waals surface area contributed by atoms with Crippen molar-refractivity contribution in [3.05, 3.63) is 58.2 Å². The molecule has 0 aliphatic rings. The monoisotopic (exact) mass is 331 g/mol. The molecule has 0 saturated carbocycles. The van der Waals surface area contributed by atoms with Gasteiger partial charge in [0.1, 0.15) is 0 Å². The number of aliphatic imine (C=N–C) groups is 1. The van der Waals surface area contributed by atoms with E-state index in [-0.39, 0.29) is 0 Å². The summed E-state index contributed by atoms with van der Waals surface area (Å²) < 4.78 is 0. The number of hydrogen-bond donors (Lipinski definition) is 1. The summed E-state index contributed by atoms with van der Waals surface area (Å²) in [6, 6.07) is 0. The average molecular weight is 332 g/mol. The van der Waals surface area contributed by atoms with Crippen LogP contribution in [0, 0.1) is 0 Å². The second-order valence-electron chi connectivity index (χ2n) is 6.07. The Kier molecular flexibility index (Phi) is 11.5. The summed E-state index contributed by atoms with van der Waals surface area (Å²) in [4.78, 5) is 4.75. The van der Waals surface area contributed by atoms with Gasteiger partial charge in [-0.15, -0.1) is 0 Å². The lowest BCUT2D eigenvalue weighted by atomic mass is 9.98. The molecule has 0 amide bonds. The van der Waals surface area contributed by atoms with E-state index in [0.29, 0.717) is 0 Å². The van der Waals surface area contributed by atoms with Gasteiger partial charge in [-0.2, -0.15) is 12.6 Å². The molecule has 0 saturated heterocycles. The molecule has 0 aliphatic heterocycles. The Hall–Kier alpha value is -1.28. The maximum absolute atomic E-state index is 4.75. The molecule has 0 heterocycles. The molecule has 1 nitrogen and oxygen atoms in total. The molecule has 0 N–H and O–H groups in total. The predicted octanol–water partition coefficient (Wildman–Crippen LogP) is 7.21. The van der Waals surface area contributed by atoms with E-state index in [9.17, 15) is 0 Å². The van der Waals surface area contributed by atoms with Gasteiger partial charge in [0, 0.05) is 6.20 Å². The molecule has 2 heteroatoms. The molecular weight excluding hydrogens is 298 g/mol. The van der Waals surface area contributed by atoms with Crippen molar-refractivity contribution in [2.45, 2.75) is 67.2 Å². The van der Waals surface area contributed by atoms with Gasteiger partial charge in [-0.1, -0.05) is 51.0 Å². The van der Waals surface area contributed by atoms with Crippen molar-refractivity contribution in [3.8, 4) is 0 Å². The van der Waals surface area contributed by atoms with E-state index in [1.807, 2.05) is 12.3 Å². The molecule has 0 fully saturated rings. The fourth-order valence-electron chi connectivity index (χ4n) is 2.28. The summed E-state index contributed by atoms with van der Waals surface area (Å²) in [5.74, 6) is 0. The molecular formula is C21H33NS. The maximum atomic E-state index is 4.75. The van der Waals surface area contributed by atoms with Crippen LogP contribution in [-0.2, 0) is 0 Å². The van der Waals surface area contributed by atoms with Gasteiger partial charge < -0.3 is 0 Å². The molecule has 0 rings (SSSR count). The van der Waals surface area contributed by atoms with Crippen LogP contribution in [0.1, 0.15) is 67.2 Å². The fourth-order valence-corrected chi connectivity index (χ4v) is 2.50. The summed E-state index contributed by atoms with van der Waals surface area (Å²) in [6.45, 7) is 17.1. The summed E-state index contributed by atoms with van der Waals surface area (Å²) >= 11 is 4.14. The first-order valence-electron chi connectivity index (χ1n) is 8.45. The second-order valence-corrected chi connectivity index (χ2v) is 6.36. The zero-order valence-electron chi connectivity index (χ0n) is 15.7.